The first kappa shape index (κ1) is 9.50. The molecule has 2 bridgehead atoms. The zero-order valence-electron chi connectivity index (χ0n) is 8.04. The highest BCUT2D eigenvalue weighted by Gasteiger charge is 2.66. The van der Waals surface area contributed by atoms with Gasteiger partial charge >= 0.3 is 5.97 Å². The van der Waals surface area contributed by atoms with E-state index in [2.05, 4.69) is 0 Å². The van der Waals surface area contributed by atoms with Crippen LogP contribution < -0.4 is 0 Å². The molecule has 5 atom stereocenters. The second-order valence-electron chi connectivity index (χ2n) is 3.89. The molecule has 3 aliphatic rings. The van der Waals surface area contributed by atoms with Crippen molar-refractivity contribution in [3.05, 3.63) is 12.2 Å². The van der Waals surface area contributed by atoms with Crippen molar-refractivity contribution in [1.82, 2.24) is 0 Å². The minimum atomic E-state index is -1.47. The van der Waals surface area contributed by atoms with Crippen LogP contribution in [0.5, 0.6) is 0 Å². The van der Waals surface area contributed by atoms with Crippen LogP contribution in [0.25, 0.3) is 0 Å². The highest BCUT2D eigenvalue weighted by atomic mass is 32.2. The molecule has 15 heavy (non-hydrogen) atoms. The number of carbonyl (C=O) groups excluding carboxylic acids is 1. The number of methoxy groups -OCH3 is 1. The van der Waals surface area contributed by atoms with Gasteiger partial charge in [-0.1, -0.05) is 12.2 Å². The van der Waals surface area contributed by atoms with Crippen LogP contribution in [0.15, 0.2) is 12.2 Å². The summed E-state index contributed by atoms with van der Waals surface area (Å²) in [5.41, 5.74) is -0.658. The zero-order valence-corrected chi connectivity index (χ0v) is 8.86. The molecule has 2 fully saturated rings. The van der Waals surface area contributed by atoms with E-state index in [4.69, 9.17) is 13.7 Å². The molecule has 0 aromatic heterocycles. The van der Waals surface area contributed by atoms with Crippen molar-refractivity contribution in [2.24, 2.45) is 5.92 Å². The molecule has 0 radical (unpaired) electrons. The predicted molar refractivity (Wildman–Crippen MR) is 50.1 cm³/mol. The van der Waals surface area contributed by atoms with Gasteiger partial charge in [-0.05, 0) is 0 Å². The summed E-state index contributed by atoms with van der Waals surface area (Å²) < 4.78 is 27.0. The number of esters is 1. The fourth-order valence-corrected chi connectivity index (χ4v) is 3.97. The smallest absolute Gasteiger partial charge is 0.313 e. The van der Waals surface area contributed by atoms with Crippen LogP contribution in [-0.2, 0) is 29.5 Å². The third kappa shape index (κ3) is 1.04. The molecule has 5 nitrogen and oxygen atoms in total. The van der Waals surface area contributed by atoms with Gasteiger partial charge in [-0.3, -0.25) is 8.98 Å². The van der Waals surface area contributed by atoms with Crippen molar-refractivity contribution in [3.8, 4) is 0 Å². The minimum Gasteiger partial charge on any atom is -0.469 e. The molecular weight excluding hydrogens is 220 g/mol. The number of ether oxygens (including phenoxy) is 2. The fraction of sp³-hybridized carbons (Fsp3) is 0.667. The average Bonchev–Trinajstić information content (AvgIpc) is 2.88. The molecule has 0 N–H and O–H groups in total. The fourth-order valence-electron chi connectivity index (χ4n) is 2.48. The van der Waals surface area contributed by atoms with Gasteiger partial charge in [0.05, 0.1) is 19.8 Å². The molecule has 0 aromatic carbocycles. The van der Waals surface area contributed by atoms with Gasteiger partial charge in [-0.2, -0.15) is 0 Å². The Morgan fingerprint density at radius 3 is 3.20 bits per heavy atom. The van der Waals surface area contributed by atoms with E-state index in [1.165, 1.54) is 7.11 Å². The summed E-state index contributed by atoms with van der Waals surface area (Å²) >= 11 is -1.47. The van der Waals surface area contributed by atoms with Gasteiger partial charge in [-0.15, -0.1) is 0 Å². The van der Waals surface area contributed by atoms with Crippen molar-refractivity contribution in [2.45, 2.75) is 17.0 Å². The highest BCUT2D eigenvalue weighted by Crippen LogP contribution is 2.49. The number of rotatable bonds is 1. The molecule has 3 rings (SSSR count). The maximum Gasteiger partial charge on any atom is 0.313 e. The first-order chi connectivity index (χ1) is 7.18. The molecule has 1 spiro atoms. The molecule has 0 saturated carbocycles. The van der Waals surface area contributed by atoms with Crippen LogP contribution in [0.3, 0.4) is 0 Å². The van der Waals surface area contributed by atoms with Crippen LogP contribution in [-0.4, -0.2) is 40.8 Å². The quantitative estimate of drug-likeness (QED) is 0.451. The van der Waals surface area contributed by atoms with Gasteiger partial charge in [0.1, 0.15) is 16.8 Å². The van der Waals surface area contributed by atoms with Gasteiger partial charge in [-0.25, -0.2) is 4.21 Å². The normalized spacial score (nSPS) is 50.7. The summed E-state index contributed by atoms with van der Waals surface area (Å²) in [5.74, 6) is -0.876. The Hall–Kier alpha value is -0.720. The molecule has 3 heterocycles. The molecule has 0 amide bonds. The second-order valence-corrected chi connectivity index (χ2v) is 5.15. The zero-order chi connectivity index (χ0) is 10.6. The topological polar surface area (TPSA) is 61.8 Å². The van der Waals surface area contributed by atoms with Gasteiger partial charge < -0.3 is 9.47 Å². The van der Waals surface area contributed by atoms with E-state index in [9.17, 15) is 9.00 Å². The standard InChI is InChI=1S/C9H10O5S/c1-12-8(10)6-5-2-3-9(14-5)4-13-15(11)7(6)9/h2-3,5-7H,4H2,1H3/t5-,6-,7-,9+,15?/m1/s1. The summed E-state index contributed by atoms with van der Waals surface area (Å²) in [6.07, 6.45) is 3.37. The summed E-state index contributed by atoms with van der Waals surface area (Å²) in [6.45, 7) is 0.255. The summed E-state index contributed by atoms with van der Waals surface area (Å²) in [7, 11) is 1.32. The van der Waals surface area contributed by atoms with Crippen molar-refractivity contribution in [1.29, 1.82) is 0 Å². The number of hydrogen-bond acceptors (Lipinski definition) is 5. The van der Waals surface area contributed by atoms with E-state index in [-0.39, 0.29) is 18.7 Å². The molecule has 3 aliphatic heterocycles. The third-order valence-electron chi connectivity index (χ3n) is 3.17. The van der Waals surface area contributed by atoms with E-state index in [0.29, 0.717) is 0 Å². The average molecular weight is 230 g/mol. The van der Waals surface area contributed by atoms with Crippen molar-refractivity contribution in [2.75, 3.05) is 13.7 Å². The number of fused-ring (bicyclic) bond motifs is 1. The minimum absolute atomic E-state index is 0.255. The van der Waals surface area contributed by atoms with E-state index in [1.54, 1.807) is 0 Å². The van der Waals surface area contributed by atoms with Crippen molar-refractivity contribution in [3.63, 3.8) is 0 Å². The van der Waals surface area contributed by atoms with Crippen LogP contribution in [0.4, 0.5) is 0 Å². The summed E-state index contributed by atoms with van der Waals surface area (Å²) in [4.78, 5) is 11.6. The van der Waals surface area contributed by atoms with E-state index in [1.807, 2.05) is 12.2 Å². The van der Waals surface area contributed by atoms with E-state index < -0.39 is 27.8 Å². The van der Waals surface area contributed by atoms with Crippen molar-refractivity contribution >= 4 is 17.0 Å². The van der Waals surface area contributed by atoms with Crippen LogP contribution in [0.2, 0.25) is 0 Å². The molecule has 1 unspecified atom stereocenters. The predicted octanol–water partition coefficient (Wildman–Crippen LogP) is -0.455. The van der Waals surface area contributed by atoms with Crippen LogP contribution in [0.1, 0.15) is 0 Å². The highest BCUT2D eigenvalue weighted by molar-refractivity contribution is 7.81. The lowest BCUT2D eigenvalue weighted by atomic mass is 9.86. The SMILES string of the molecule is COC(=O)[C@@H]1[C@H]2C=C[C@@]3(COS(=O)[C@H]13)O2. The Morgan fingerprint density at radius 2 is 2.47 bits per heavy atom. The van der Waals surface area contributed by atoms with Gasteiger partial charge in [0, 0.05) is 0 Å². The third-order valence-corrected chi connectivity index (χ3v) is 4.62. The Morgan fingerprint density at radius 1 is 1.67 bits per heavy atom. The maximum atomic E-state index is 11.6. The monoisotopic (exact) mass is 230 g/mol. The lowest BCUT2D eigenvalue weighted by Crippen LogP contribution is -2.42. The molecule has 0 aliphatic carbocycles. The Bertz CT molecular complexity index is 379. The van der Waals surface area contributed by atoms with Crippen LogP contribution in [0, 0.1) is 5.92 Å². The Labute approximate surface area is 89.0 Å². The molecular formula is C9H10O5S. The lowest BCUT2D eigenvalue weighted by molar-refractivity contribution is -0.146. The maximum absolute atomic E-state index is 11.6. The first-order valence-electron chi connectivity index (χ1n) is 4.67. The Kier molecular flexibility index (Phi) is 1.84. The van der Waals surface area contributed by atoms with Gasteiger partial charge in [0.25, 0.3) is 0 Å². The Balaban J connectivity index is 2.02. The lowest BCUT2D eigenvalue weighted by Gasteiger charge is -2.21. The molecule has 82 valence electrons. The molecule has 2 saturated heterocycles. The number of carbonyl (C=O) groups is 1. The first-order valence-corrected chi connectivity index (χ1v) is 5.81. The van der Waals surface area contributed by atoms with Crippen LogP contribution >= 0.6 is 0 Å². The van der Waals surface area contributed by atoms with E-state index >= 15 is 0 Å². The van der Waals surface area contributed by atoms with Gasteiger partial charge in [0.15, 0.2) is 11.1 Å². The second kappa shape index (κ2) is 2.90. The summed E-state index contributed by atoms with van der Waals surface area (Å²) in [5, 5.41) is -0.417. The molecule has 0 aromatic rings. The number of hydrogen-bond donors (Lipinski definition) is 0. The largest absolute Gasteiger partial charge is 0.469 e. The van der Waals surface area contributed by atoms with Gasteiger partial charge in [0.2, 0.25) is 0 Å². The van der Waals surface area contributed by atoms with Crippen molar-refractivity contribution < 1.29 is 22.7 Å². The molecule has 6 heteroatoms. The summed E-state index contributed by atoms with van der Waals surface area (Å²) in [6, 6.07) is 0. The van der Waals surface area contributed by atoms with E-state index in [0.717, 1.165) is 0 Å².